The third-order valence-corrected chi connectivity index (χ3v) is 5.28. The van der Waals surface area contributed by atoms with Gasteiger partial charge in [0.25, 0.3) is 0 Å². The molecule has 0 saturated heterocycles. The van der Waals surface area contributed by atoms with Crippen molar-refractivity contribution in [1.82, 2.24) is 4.98 Å². The predicted octanol–water partition coefficient (Wildman–Crippen LogP) is 4.87. The Morgan fingerprint density at radius 2 is 2.00 bits per heavy atom. The Bertz CT molecular complexity index is 844. The average Bonchev–Trinajstić information content (AvgIpc) is 3.00. The molecule has 25 heavy (non-hydrogen) atoms. The van der Waals surface area contributed by atoms with E-state index in [0.29, 0.717) is 38.5 Å². The van der Waals surface area contributed by atoms with Crippen LogP contribution in [0.15, 0.2) is 29.3 Å². The molecule has 3 rings (SSSR count). The van der Waals surface area contributed by atoms with Crippen molar-refractivity contribution < 1.29 is 4.79 Å². The molecule has 1 aliphatic rings. The van der Waals surface area contributed by atoms with Gasteiger partial charge in [-0.1, -0.05) is 23.2 Å². The third kappa shape index (κ3) is 4.66. The first-order valence-corrected chi connectivity index (χ1v) is 9.61. The lowest BCUT2D eigenvalue weighted by Gasteiger charge is -2.08. The molecule has 1 amide bonds. The number of carbonyl (C=O) groups excluding carboxylic acids is 1. The van der Waals surface area contributed by atoms with Crippen LogP contribution < -0.4 is 5.32 Å². The molecule has 7 heteroatoms. The second-order valence-corrected chi connectivity index (χ2v) is 7.67. The van der Waals surface area contributed by atoms with Crippen molar-refractivity contribution in [2.75, 3.05) is 11.1 Å². The van der Waals surface area contributed by atoms with E-state index >= 15 is 0 Å². The lowest BCUT2D eigenvalue weighted by molar-refractivity contribution is -0.115. The first kappa shape index (κ1) is 18.1. The largest absolute Gasteiger partial charge is 0.326 e. The highest BCUT2D eigenvalue weighted by atomic mass is 35.5. The van der Waals surface area contributed by atoms with Crippen LogP contribution in [0.1, 0.15) is 29.7 Å². The van der Waals surface area contributed by atoms with Crippen molar-refractivity contribution in [3.63, 3.8) is 0 Å². The van der Waals surface area contributed by atoms with E-state index < -0.39 is 0 Å². The molecule has 0 aliphatic heterocycles. The van der Waals surface area contributed by atoms with Crippen LogP contribution in [0.25, 0.3) is 0 Å². The Morgan fingerprint density at radius 3 is 2.72 bits per heavy atom. The number of halogens is 2. The van der Waals surface area contributed by atoms with Crippen molar-refractivity contribution in [1.29, 1.82) is 5.26 Å². The number of aromatic nitrogens is 1. The first-order chi connectivity index (χ1) is 12.0. The van der Waals surface area contributed by atoms with Crippen molar-refractivity contribution in [2.45, 2.75) is 30.7 Å². The Morgan fingerprint density at radius 1 is 1.24 bits per heavy atom. The van der Waals surface area contributed by atoms with Gasteiger partial charge in [0, 0.05) is 33.6 Å². The molecule has 0 atom stereocenters. The molecule has 1 aliphatic carbocycles. The highest BCUT2D eigenvalue weighted by Crippen LogP contribution is 2.28. The minimum absolute atomic E-state index is 0.134. The van der Waals surface area contributed by atoms with E-state index in [1.807, 2.05) is 6.07 Å². The first-order valence-electron chi connectivity index (χ1n) is 7.87. The predicted molar refractivity (Wildman–Crippen MR) is 101 cm³/mol. The molecule has 2 aromatic rings. The minimum Gasteiger partial charge on any atom is -0.326 e. The normalized spacial score (nSPS) is 12.5. The van der Waals surface area contributed by atoms with Gasteiger partial charge in [0.2, 0.25) is 5.91 Å². The van der Waals surface area contributed by atoms with E-state index in [2.05, 4.69) is 16.4 Å². The van der Waals surface area contributed by atoms with Crippen molar-refractivity contribution in [2.24, 2.45) is 0 Å². The number of benzene rings is 1. The Hall–Kier alpha value is -1.74. The standard InChI is InChI=1S/C18H15Cl2N3OS/c19-13-7-14(20)9-15(8-13)22-17(24)4-5-25-18-12(10-21)6-11-2-1-3-16(11)23-18/h6-9H,1-5H2,(H,22,24). The maximum absolute atomic E-state index is 12.1. The van der Waals surface area contributed by atoms with Crippen molar-refractivity contribution >= 4 is 46.6 Å². The number of nitrogens with one attached hydrogen (secondary N) is 1. The number of nitriles is 1. The fraction of sp³-hybridized carbons (Fsp3) is 0.278. The number of hydrogen-bond donors (Lipinski definition) is 1. The van der Waals surface area contributed by atoms with Crippen LogP contribution in [0, 0.1) is 11.3 Å². The van der Waals surface area contributed by atoms with Gasteiger partial charge in [-0.3, -0.25) is 4.79 Å². The number of rotatable bonds is 5. The smallest absolute Gasteiger partial charge is 0.225 e. The Kier molecular flexibility index (Phi) is 5.85. The molecule has 4 nitrogen and oxygen atoms in total. The summed E-state index contributed by atoms with van der Waals surface area (Å²) in [5.74, 6) is 0.408. The van der Waals surface area contributed by atoms with Gasteiger partial charge in [-0.05, 0) is 49.1 Å². The third-order valence-electron chi connectivity index (χ3n) is 3.85. The molecule has 1 aromatic carbocycles. The molecule has 0 bridgehead atoms. The fourth-order valence-corrected chi connectivity index (χ4v) is 4.17. The van der Waals surface area contributed by atoms with Crippen LogP contribution in [0.2, 0.25) is 10.0 Å². The fourth-order valence-electron chi connectivity index (χ4n) is 2.73. The molecular formula is C18H15Cl2N3OS. The van der Waals surface area contributed by atoms with Gasteiger partial charge in [-0.2, -0.15) is 5.26 Å². The van der Waals surface area contributed by atoms with E-state index in [1.54, 1.807) is 18.2 Å². The second-order valence-electron chi connectivity index (χ2n) is 5.72. The molecule has 0 fully saturated rings. The summed E-state index contributed by atoms with van der Waals surface area (Å²) in [4.78, 5) is 16.7. The van der Waals surface area contributed by atoms with Gasteiger partial charge < -0.3 is 5.32 Å². The van der Waals surface area contributed by atoms with Crippen molar-refractivity contribution in [3.05, 3.63) is 51.1 Å². The lowest BCUT2D eigenvalue weighted by atomic mass is 10.2. The van der Waals surface area contributed by atoms with Crippen LogP contribution in [0.4, 0.5) is 5.69 Å². The monoisotopic (exact) mass is 391 g/mol. The maximum atomic E-state index is 12.1. The molecule has 128 valence electrons. The van der Waals surface area contributed by atoms with Crippen LogP contribution in [0.3, 0.4) is 0 Å². The molecule has 0 saturated carbocycles. The summed E-state index contributed by atoms with van der Waals surface area (Å²) in [6, 6.07) is 9.04. The van der Waals surface area contributed by atoms with Gasteiger partial charge in [-0.25, -0.2) is 4.98 Å². The Labute approximate surface area is 160 Å². The summed E-state index contributed by atoms with van der Waals surface area (Å²) >= 11 is 13.3. The van der Waals surface area contributed by atoms with Gasteiger partial charge in [-0.15, -0.1) is 11.8 Å². The Balaban J connectivity index is 1.58. The number of amides is 1. The maximum Gasteiger partial charge on any atom is 0.225 e. The molecule has 0 spiro atoms. The molecule has 1 N–H and O–H groups in total. The summed E-state index contributed by atoms with van der Waals surface area (Å²) in [6.07, 6.45) is 3.35. The zero-order valence-corrected chi connectivity index (χ0v) is 15.6. The summed E-state index contributed by atoms with van der Waals surface area (Å²) in [5.41, 5.74) is 3.42. The number of nitrogens with zero attached hydrogens (tertiary/aromatic N) is 2. The lowest BCUT2D eigenvalue weighted by Crippen LogP contribution is -2.12. The quantitative estimate of drug-likeness (QED) is 0.738. The van der Waals surface area contributed by atoms with Gasteiger partial charge >= 0.3 is 0 Å². The van der Waals surface area contributed by atoms with E-state index in [4.69, 9.17) is 23.2 Å². The molecular weight excluding hydrogens is 377 g/mol. The van der Waals surface area contributed by atoms with E-state index in [0.717, 1.165) is 25.0 Å². The summed E-state index contributed by atoms with van der Waals surface area (Å²) in [6.45, 7) is 0. The van der Waals surface area contributed by atoms with Crippen LogP contribution in [-0.4, -0.2) is 16.6 Å². The van der Waals surface area contributed by atoms with Gasteiger partial charge in [0.15, 0.2) is 0 Å². The van der Waals surface area contributed by atoms with Crippen LogP contribution >= 0.6 is 35.0 Å². The number of anilines is 1. The number of aryl methyl sites for hydroxylation is 2. The highest BCUT2D eigenvalue weighted by molar-refractivity contribution is 7.99. The molecule has 0 radical (unpaired) electrons. The highest BCUT2D eigenvalue weighted by Gasteiger charge is 2.17. The number of carbonyl (C=O) groups is 1. The molecule has 1 heterocycles. The molecule has 0 unspecified atom stereocenters. The van der Waals surface area contributed by atoms with E-state index in [1.165, 1.54) is 17.3 Å². The van der Waals surface area contributed by atoms with Gasteiger partial charge in [0.05, 0.1) is 5.56 Å². The average molecular weight is 392 g/mol. The van der Waals surface area contributed by atoms with Gasteiger partial charge in [0.1, 0.15) is 11.1 Å². The number of pyridine rings is 1. The topological polar surface area (TPSA) is 65.8 Å². The second kappa shape index (κ2) is 8.09. The number of thioether (sulfide) groups is 1. The number of fused-ring (bicyclic) bond motifs is 1. The molecule has 1 aromatic heterocycles. The number of hydrogen-bond acceptors (Lipinski definition) is 4. The summed E-state index contributed by atoms with van der Waals surface area (Å²) in [5, 5.41) is 13.7. The summed E-state index contributed by atoms with van der Waals surface area (Å²) in [7, 11) is 0. The minimum atomic E-state index is -0.134. The summed E-state index contributed by atoms with van der Waals surface area (Å²) < 4.78 is 0. The van der Waals surface area contributed by atoms with E-state index in [9.17, 15) is 10.1 Å². The van der Waals surface area contributed by atoms with Crippen molar-refractivity contribution in [3.8, 4) is 6.07 Å². The zero-order chi connectivity index (χ0) is 17.8. The SMILES string of the molecule is N#Cc1cc2c(nc1SCCC(=O)Nc1cc(Cl)cc(Cl)c1)CCC2. The van der Waals surface area contributed by atoms with E-state index in [-0.39, 0.29) is 5.91 Å². The zero-order valence-electron chi connectivity index (χ0n) is 13.3. The van der Waals surface area contributed by atoms with Crippen LogP contribution in [-0.2, 0) is 17.6 Å². The van der Waals surface area contributed by atoms with Crippen LogP contribution in [0.5, 0.6) is 0 Å².